The van der Waals surface area contributed by atoms with Gasteiger partial charge in [-0.1, -0.05) is 31.4 Å². The van der Waals surface area contributed by atoms with Crippen molar-refractivity contribution >= 4 is 15.7 Å². The Balaban J connectivity index is 2.04. The van der Waals surface area contributed by atoms with Gasteiger partial charge in [0.1, 0.15) is 0 Å². The Morgan fingerprint density at radius 2 is 1.74 bits per heavy atom. The van der Waals surface area contributed by atoms with E-state index in [0.717, 1.165) is 31.2 Å². The first-order valence-corrected chi connectivity index (χ1v) is 8.40. The molecule has 1 aliphatic rings. The molecule has 0 aliphatic heterocycles. The van der Waals surface area contributed by atoms with Gasteiger partial charge in [0.15, 0.2) is 0 Å². The maximum atomic E-state index is 12.2. The summed E-state index contributed by atoms with van der Waals surface area (Å²) in [4.78, 5) is 0. The minimum absolute atomic E-state index is 0.0167. The molecule has 0 spiro atoms. The zero-order chi connectivity index (χ0) is 13.9. The van der Waals surface area contributed by atoms with Crippen molar-refractivity contribution in [2.24, 2.45) is 0 Å². The lowest BCUT2D eigenvalue weighted by Gasteiger charge is -2.34. The van der Waals surface area contributed by atoms with Crippen molar-refractivity contribution in [2.45, 2.75) is 50.3 Å². The first kappa shape index (κ1) is 14.3. The molecule has 0 atom stereocenters. The Morgan fingerprint density at radius 1 is 1.16 bits per heavy atom. The monoisotopic (exact) mass is 282 g/mol. The Hall–Kier alpha value is -1.07. The number of nitrogens with two attached hydrogens (primary N) is 1. The molecule has 106 valence electrons. The highest BCUT2D eigenvalue weighted by Crippen LogP contribution is 2.28. The third-order valence-electron chi connectivity index (χ3n) is 3.70. The van der Waals surface area contributed by atoms with E-state index in [2.05, 4.69) is 4.72 Å². The summed E-state index contributed by atoms with van der Waals surface area (Å²) < 4.78 is 27.3. The highest BCUT2D eigenvalue weighted by Gasteiger charge is 2.31. The number of nitrogen functional groups attached to an aromatic ring is 1. The predicted octanol–water partition coefficient (Wildman–Crippen LogP) is 2.41. The van der Waals surface area contributed by atoms with Crippen molar-refractivity contribution in [2.75, 3.05) is 5.73 Å². The minimum Gasteiger partial charge on any atom is -0.399 e. The van der Waals surface area contributed by atoms with Crippen molar-refractivity contribution < 1.29 is 8.42 Å². The molecule has 0 heterocycles. The van der Waals surface area contributed by atoms with Crippen molar-refractivity contribution in [3.8, 4) is 0 Å². The molecule has 0 unspecified atom stereocenters. The lowest BCUT2D eigenvalue weighted by atomic mass is 9.84. The summed E-state index contributed by atoms with van der Waals surface area (Å²) in [5, 5.41) is 0. The fraction of sp³-hybridized carbons (Fsp3) is 0.571. The van der Waals surface area contributed by atoms with E-state index in [0.29, 0.717) is 5.69 Å². The van der Waals surface area contributed by atoms with Gasteiger partial charge in [-0.3, -0.25) is 0 Å². The molecule has 0 aromatic heterocycles. The molecule has 0 amide bonds. The first-order valence-electron chi connectivity index (χ1n) is 6.75. The second-order valence-corrected chi connectivity index (χ2v) is 7.45. The second-order valence-electron chi connectivity index (χ2n) is 5.72. The third kappa shape index (κ3) is 4.21. The molecule has 0 bridgehead atoms. The number of hydrogen-bond donors (Lipinski definition) is 2. The molecule has 3 N–H and O–H groups in total. The maximum Gasteiger partial charge on any atom is 0.216 e. The average Bonchev–Trinajstić information content (AvgIpc) is 2.31. The lowest BCUT2D eigenvalue weighted by Crippen LogP contribution is -2.47. The van der Waals surface area contributed by atoms with Crippen LogP contribution in [0.3, 0.4) is 0 Å². The molecule has 5 heteroatoms. The zero-order valence-electron chi connectivity index (χ0n) is 11.4. The van der Waals surface area contributed by atoms with E-state index in [1.807, 2.05) is 6.92 Å². The summed E-state index contributed by atoms with van der Waals surface area (Å²) in [7, 11) is -3.30. The van der Waals surface area contributed by atoms with Gasteiger partial charge in [0, 0.05) is 11.2 Å². The minimum atomic E-state index is -3.30. The van der Waals surface area contributed by atoms with E-state index >= 15 is 0 Å². The molecule has 0 saturated heterocycles. The summed E-state index contributed by atoms with van der Waals surface area (Å²) in [6.45, 7) is 2.01. The zero-order valence-corrected chi connectivity index (χ0v) is 12.2. The van der Waals surface area contributed by atoms with E-state index in [-0.39, 0.29) is 11.3 Å². The topological polar surface area (TPSA) is 72.2 Å². The van der Waals surface area contributed by atoms with Gasteiger partial charge < -0.3 is 5.73 Å². The summed E-state index contributed by atoms with van der Waals surface area (Å²) in [6.07, 6.45) is 5.25. The Morgan fingerprint density at radius 3 is 2.32 bits per heavy atom. The number of rotatable bonds is 4. The van der Waals surface area contributed by atoms with Crippen molar-refractivity contribution in [3.63, 3.8) is 0 Å². The molecule has 0 radical (unpaired) electrons. The molecule has 1 aliphatic carbocycles. The van der Waals surface area contributed by atoms with Gasteiger partial charge in [0.05, 0.1) is 5.75 Å². The van der Waals surface area contributed by atoms with Crippen LogP contribution in [0.15, 0.2) is 24.3 Å². The summed E-state index contributed by atoms with van der Waals surface area (Å²) in [5.41, 5.74) is 6.73. The number of hydrogen-bond acceptors (Lipinski definition) is 3. The molecule has 19 heavy (non-hydrogen) atoms. The predicted molar refractivity (Wildman–Crippen MR) is 78.1 cm³/mol. The van der Waals surface area contributed by atoms with Gasteiger partial charge in [0.2, 0.25) is 10.0 Å². The molecular weight excluding hydrogens is 260 g/mol. The normalized spacial score (nSPS) is 19.2. The molecule has 1 aromatic carbocycles. The SMILES string of the molecule is CC1(NS(=O)(=O)Cc2ccc(N)cc2)CCCCC1. The fourth-order valence-corrected chi connectivity index (χ4v) is 4.34. The smallest absolute Gasteiger partial charge is 0.216 e. The van der Waals surface area contributed by atoms with E-state index in [9.17, 15) is 8.42 Å². The maximum absolute atomic E-state index is 12.2. The molecular formula is C14H22N2O2S. The van der Waals surface area contributed by atoms with Gasteiger partial charge in [-0.05, 0) is 37.5 Å². The van der Waals surface area contributed by atoms with Crippen molar-refractivity contribution in [1.29, 1.82) is 0 Å². The van der Waals surface area contributed by atoms with Crippen LogP contribution < -0.4 is 10.5 Å². The van der Waals surface area contributed by atoms with Crippen LogP contribution >= 0.6 is 0 Å². The number of benzene rings is 1. The molecule has 1 aromatic rings. The highest BCUT2D eigenvalue weighted by molar-refractivity contribution is 7.88. The molecule has 1 saturated carbocycles. The van der Waals surface area contributed by atoms with Gasteiger partial charge in [0.25, 0.3) is 0 Å². The van der Waals surface area contributed by atoms with Crippen LogP contribution in [-0.4, -0.2) is 14.0 Å². The van der Waals surface area contributed by atoms with Crippen molar-refractivity contribution in [3.05, 3.63) is 29.8 Å². The van der Waals surface area contributed by atoms with E-state index in [1.165, 1.54) is 6.42 Å². The van der Waals surface area contributed by atoms with E-state index in [1.54, 1.807) is 24.3 Å². The standard InChI is InChI=1S/C14H22N2O2S/c1-14(9-3-2-4-10-14)16-19(17,18)11-12-5-7-13(15)8-6-12/h5-8,16H,2-4,9-11,15H2,1H3. The number of anilines is 1. The average molecular weight is 282 g/mol. The molecule has 1 fully saturated rings. The Bertz CT molecular complexity index is 517. The number of sulfonamides is 1. The Labute approximate surface area is 115 Å². The van der Waals surface area contributed by atoms with Crippen LogP contribution in [0.25, 0.3) is 0 Å². The van der Waals surface area contributed by atoms with Crippen LogP contribution in [0.1, 0.15) is 44.6 Å². The van der Waals surface area contributed by atoms with Crippen LogP contribution in [0.4, 0.5) is 5.69 Å². The summed E-state index contributed by atoms with van der Waals surface area (Å²) in [5.74, 6) is 0.0167. The molecule has 4 nitrogen and oxygen atoms in total. The van der Waals surface area contributed by atoms with Gasteiger partial charge in [-0.15, -0.1) is 0 Å². The van der Waals surface area contributed by atoms with Gasteiger partial charge in [-0.25, -0.2) is 13.1 Å². The largest absolute Gasteiger partial charge is 0.399 e. The van der Waals surface area contributed by atoms with Crippen LogP contribution in [0.5, 0.6) is 0 Å². The quantitative estimate of drug-likeness (QED) is 0.833. The van der Waals surface area contributed by atoms with Crippen LogP contribution in [-0.2, 0) is 15.8 Å². The van der Waals surface area contributed by atoms with Crippen LogP contribution in [0, 0.1) is 0 Å². The first-order chi connectivity index (χ1) is 8.89. The summed E-state index contributed by atoms with van der Waals surface area (Å²) in [6, 6.07) is 6.98. The highest BCUT2D eigenvalue weighted by atomic mass is 32.2. The van der Waals surface area contributed by atoms with Crippen LogP contribution in [0.2, 0.25) is 0 Å². The second kappa shape index (κ2) is 5.51. The molecule has 2 rings (SSSR count). The number of nitrogens with one attached hydrogen (secondary N) is 1. The van der Waals surface area contributed by atoms with Gasteiger partial charge >= 0.3 is 0 Å². The van der Waals surface area contributed by atoms with Gasteiger partial charge in [-0.2, -0.15) is 0 Å². The third-order valence-corrected chi connectivity index (χ3v) is 5.21. The Kier molecular flexibility index (Phi) is 4.16. The van der Waals surface area contributed by atoms with E-state index < -0.39 is 10.0 Å². The fourth-order valence-electron chi connectivity index (χ4n) is 2.68. The lowest BCUT2D eigenvalue weighted by molar-refractivity contribution is 0.294. The summed E-state index contributed by atoms with van der Waals surface area (Å²) >= 11 is 0. The van der Waals surface area contributed by atoms with E-state index in [4.69, 9.17) is 5.73 Å². The van der Waals surface area contributed by atoms with Crippen molar-refractivity contribution in [1.82, 2.24) is 4.72 Å².